The van der Waals surface area contributed by atoms with E-state index in [1.54, 1.807) is 28.1 Å². The van der Waals surface area contributed by atoms with Crippen molar-refractivity contribution in [3.05, 3.63) is 59.4 Å². The molecule has 13 nitrogen and oxygen atoms in total. The van der Waals surface area contributed by atoms with E-state index in [-0.39, 0.29) is 58.2 Å². The number of carboxylic acid groups (broad SMARTS) is 1. The zero-order chi connectivity index (χ0) is 36.1. The summed E-state index contributed by atoms with van der Waals surface area (Å²) in [6, 6.07) is 0. The van der Waals surface area contributed by atoms with Crippen molar-refractivity contribution >= 4 is 133 Å². The summed E-state index contributed by atoms with van der Waals surface area (Å²) >= 11 is 19.1. The first-order chi connectivity index (χ1) is 23.0. The second-order valence-corrected chi connectivity index (χ2v) is 15.1. The predicted molar refractivity (Wildman–Crippen MR) is 194 cm³/mol. The fourth-order valence-corrected chi connectivity index (χ4v) is 8.83. The van der Waals surface area contributed by atoms with Crippen LogP contribution in [0.15, 0.2) is 44.8 Å². The molecule has 4 aromatic heterocycles. The molecule has 0 bridgehead atoms. The van der Waals surface area contributed by atoms with E-state index in [1.807, 2.05) is 28.4 Å². The van der Waals surface area contributed by atoms with Gasteiger partial charge in [-0.2, -0.15) is 19.2 Å². The van der Waals surface area contributed by atoms with Crippen molar-refractivity contribution in [3.8, 4) is 23.0 Å². The van der Waals surface area contributed by atoms with Gasteiger partial charge >= 0.3 is 53.8 Å². The van der Waals surface area contributed by atoms with Crippen LogP contribution >= 0.6 is 109 Å². The molecule has 0 aliphatic heterocycles. The summed E-state index contributed by atoms with van der Waals surface area (Å²) in [7, 11) is 1.36. The second-order valence-electron chi connectivity index (χ2n) is 8.10. The standard InChI is InChI=1S/C14H14Br2O4S2.C12H10Br2O4S2.2CO2.Na.H2O/c1-8-11(9(15)6-21-8)19-4-3-5-20-12-10(16)7-22-13(12)14(17)18-2;13-7-4-19-6-9(7)17-2-1-3-18-10-8(14)5-20-11(10)12(15)16;2*2-1-3;;/h6-7H,3-5H2,1-2H3;4-6H,1-3H2,(H,15,16);;;;1H2/q;;;;+1;/p-1. The van der Waals surface area contributed by atoms with Crippen LogP contribution in [0.1, 0.15) is 37.1 Å². The van der Waals surface area contributed by atoms with Gasteiger partial charge in [-0.3, -0.25) is 0 Å². The number of carbonyl (C=O) groups is 2. The number of halogens is 4. The van der Waals surface area contributed by atoms with Gasteiger partial charge in [0.2, 0.25) is 0 Å². The van der Waals surface area contributed by atoms with Gasteiger partial charge in [-0.25, -0.2) is 9.59 Å². The van der Waals surface area contributed by atoms with Crippen LogP contribution in [0.5, 0.6) is 23.0 Å². The molecule has 0 atom stereocenters. The minimum absolute atomic E-state index is 0. The average molecular weight is 1040 g/mol. The molecular formula is C28H25Br4NaO13S4. The van der Waals surface area contributed by atoms with Crippen LogP contribution < -0.4 is 48.5 Å². The van der Waals surface area contributed by atoms with Gasteiger partial charge in [0, 0.05) is 44.6 Å². The number of thiophene rings is 4. The molecule has 268 valence electrons. The molecule has 0 aliphatic carbocycles. The smallest absolute Gasteiger partial charge is 0.870 e. The van der Waals surface area contributed by atoms with Gasteiger partial charge in [0.1, 0.15) is 11.5 Å². The van der Waals surface area contributed by atoms with Crippen LogP contribution in [0.4, 0.5) is 0 Å². The maximum Gasteiger partial charge on any atom is 1.00 e. The third-order valence-corrected chi connectivity index (χ3v) is 12.1. The minimum atomic E-state index is -0.978. The SMILES string of the molecule is COC(=O)c1scc(Br)c1OCCCOc1c(Br)csc1C.O=C(O)c1scc(Br)c1OCCCOc1cscc1Br.O=C=O.O=C=O.[Na+].[OH-]. The molecule has 0 aliphatic rings. The molecule has 0 unspecified atom stereocenters. The fourth-order valence-electron chi connectivity index (χ4n) is 3.08. The largest absolute Gasteiger partial charge is 1.00 e. The van der Waals surface area contributed by atoms with Crippen molar-refractivity contribution in [2.75, 3.05) is 33.5 Å². The van der Waals surface area contributed by atoms with Crippen molar-refractivity contribution < 1.29 is 92.6 Å². The second kappa shape index (κ2) is 29.1. The summed E-state index contributed by atoms with van der Waals surface area (Å²) in [4.78, 5) is 56.9. The molecule has 4 aromatic rings. The molecule has 4 rings (SSSR count). The molecule has 0 saturated heterocycles. The van der Waals surface area contributed by atoms with Gasteiger partial charge in [0.05, 0.1) is 51.4 Å². The Morgan fingerprint density at radius 3 is 1.52 bits per heavy atom. The third kappa shape index (κ3) is 17.9. The molecule has 0 spiro atoms. The number of aromatic carboxylic acids is 1. The van der Waals surface area contributed by atoms with E-state index in [9.17, 15) is 9.59 Å². The number of rotatable bonds is 14. The van der Waals surface area contributed by atoms with E-state index in [1.165, 1.54) is 18.4 Å². The molecule has 0 saturated carbocycles. The van der Waals surface area contributed by atoms with Crippen LogP contribution in [0.25, 0.3) is 0 Å². The summed E-state index contributed by atoms with van der Waals surface area (Å²) in [5.41, 5.74) is 0. The molecule has 50 heavy (non-hydrogen) atoms. The molecule has 0 fully saturated rings. The molecule has 22 heteroatoms. The van der Waals surface area contributed by atoms with E-state index in [0.29, 0.717) is 60.1 Å². The van der Waals surface area contributed by atoms with Gasteiger partial charge in [-0.05, 0) is 70.6 Å². The molecule has 0 aromatic carbocycles. The Balaban J connectivity index is 0. The van der Waals surface area contributed by atoms with Crippen molar-refractivity contribution in [2.45, 2.75) is 19.8 Å². The van der Waals surface area contributed by atoms with Crippen LogP contribution in [0.3, 0.4) is 0 Å². The first-order valence-corrected chi connectivity index (χ1v) is 19.5. The zero-order valence-electron chi connectivity index (χ0n) is 26.2. The summed E-state index contributed by atoms with van der Waals surface area (Å²) in [5.74, 6) is 1.26. The van der Waals surface area contributed by atoms with Gasteiger partial charge in [-0.1, -0.05) is 0 Å². The van der Waals surface area contributed by atoms with E-state index < -0.39 is 5.97 Å². The predicted octanol–water partition coefficient (Wildman–Crippen LogP) is 5.82. The molecule has 0 amide bonds. The van der Waals surface area contributed by atoms with Crippen LogP contribution in [-0.2, 0) is 23.9 Å². The van der Waals surface area contributed by atoms with Gasteiger partial charge in [0.25, 0.3) is 0 Å². The number of ether oxygens (including phenoxy) is 5. The van der Waals surface area contributed by atoms with E-state index >= 15 is 0 Å². The number of aryl methyl sites for hydroxylation is 1. The summed E-state index contributed by atoms with van der Waals surface area (Å²) in [6.07, 6.45) is 1.88. The van der Waals surface area contributed by atoms with Crippen LogP contribution in [0.2, 0.25) is 0 Å². The molecular weight excluding hydrogens is 1020 g/mol. The number of methoxy groups -OCH3 is 1. The van der Waals surface area contributed by atoms with E-state index in [4.69, 9.17) is 48.0 Å². The van der Waals surface area contributed by atoms with Gasteiger partial charge in [-0.15, -0.1) is 45.3 Å². The molecule has 2 N–H and O–H groups in total. The monoisotopic (exact) mass is 1040 g/mol. The van der Waals surface area contributed by atoms with Crippen LogP contribution in [0, 0.1) is 6.92 Å². The van der Waals surface area contributed by atoms with Gasteiger partial charge < -0.3 is 34.3 Å². The van der Waals surface area contributed by atoms with E-state index in [0.717, 1.165) is 41.1 Å². The Labute approximate surface area is 357 Å². The van der Waals surface area contributed by atoms with Crippen molar-refractivity contribution in [2.24, 2.45) is 0 Å². The Morgan fingerprint density at radius 1 is 0.680 bits per heavy atom. The summed E-state index contributed by atoms with van der Waals surface area (Å²) in [6.45, 7) is 3.94. The Morgan fingerprint density at radius 2 is 1.10 bits per heavy atom. The first kappa shape index (κ1) is 50.7. The molecule has 0 radical (unpaired) electrons. The number of esters is 1. The van der Waals surface area contributed by atoms with Crippen LogP contribution in [-0.4, -0.2) is 68.4 Å². The molecule has 4 heterocycles. The fraction of sp³-hybridized carbons (Fsp3) is 0.286. The summed E-state index contributed by atoms with van der Waals surface area (Å²) < 4.78 is 30.6. The Kier molecular flexibility index (Phi) is 29.5. The Bertz CT molecular complexity index is 1630. The number of carboxylic acids is 1. The maximum absolute atomic E-state index is 11.6. The van der Waals surface area contributed by atoms with E-state index in [2.05, 4.69) is 63.7 Å². The van der Waals surface area contributed by atoms with Crippen molar-refractivity contribution in [1.82, 2.24) is 0 Å². The maximum atomic E-state index is 11.6. The Hall–Kier alpha value is -1.42. The number of hydrogen-bond donors (Lipinski definition) is 1. The van der Waals surface area contributed by atoms with Gasteiger partial charge in [0.15, 0.2) is 21.3 Å². The zero-order valence-corrected chi connectivity index (χ0v) is 37.8. The number of carbonyl (C=O) groups excluding carboxylic acids is 5. The average Bonchev–Trinajstić information content (AvgIpc) is 3.82. The third-order valence-electron chi connectivity index (χ3n) is 5.00. The first-order valence-electron chi connectivity index (χ1n) is 12.8. The quantitative estimate of drug-likeness (QED) is 0.0902. The normalized spacial score (nSPS) is 9.16. The summed E-state index contributed by atoms with van der Waals surface area (Å²) in [5, 5.41) is 18.4. The van der Waals surface area contributed by atoms with Crippen molar-refractivity contribution in [3.63, 3.8) is 0 Å². The number of hydrogen-bond acceptors (Lipinski definition) is 16. The van der Waals surface area contributed by atoms with Crippen molar-refractivity contribution in [1.29, 1.82) is 0 Å². The minimum Gasteiger partial charge on any atom is -0.870 e. The topological polar surface area (TPSA) is 199 Å².